The summed E-state index contributed by atoms with van der Waals surface area (Å²) in [5.74, 6) is -1.98. The van der Waals surface area contributed by atoms with E-state index in [4.69, 9.17) is 0 Å². The van der Waals surface area contributed by atoms with E-state index in [0.717, 1.165) is 18.2 Å². The van der Waals surface area contributed by atoms with E-state index >= 15 is 0 Å². The molecule has 0 saturated carbocycles. The summed E-state index contributed by atoms with van der Waals surface area (Å²) in [4.78, 5) is 11.0. The Bertz CT molecular complexity index is 602. The van der Waals surface area contributed by atoms with E-state index in [9.17, 15) is 18.0 Å². The maximum Gasteiger partial charge on any atom is 0.456 e. The molecule has 0 radical (unpaired) electrons. The Hall–Kier alpha value is -2.18. The molecule has 0 N–H and O–H groups in total. The lowest BCUT2D eigenvalue weighted by molar-refractivity contribution is -0.0888. The van der Waals surface area contributed by atoms with Gasteiger partial charge in [0.2, 0.25) is 0 Å². The molecule has 4 nitrogen and oxygen atoms in total. The second-order valence-corrected chi connectivity index (χ2v) is 4.30. The molecule has 2 rings (SSSR count). The van der Waals surface area contributed by atoms with Gasteiger partial charge in [-0.1, -0.05) is 36.4 Å². The topological polar surface area (TPSA) is 47.8 Å². The second-order valence-electron chi connectivity index (χ2n) is 4.30. The molecule has 0 unspecified atom stereocenters. The zero-order chi connectivity index (χ0) is 14.8. The Morgan fingerprint density at radius 1 is 1.20 bits per heavy atom. The molecule has 106 valence electrons. The zero-order valence-corrected chi connectivity index (χ0v) is 10.7. The molecular weight excluding hydrogens is 271 g/mol. The number of benzene rings is 1. The van der Waals surface area contributed by atoms with Gasteiger partial charge in [0, 0.05) is 0 Å². The van der Waals surface area contributed by atoms with Gasteiger partial charge in [0.15, 0.2) is 5.69 Å². The van der Waals surface area contributed by atoms with Gasteiger partial charge in [0.25, 0.3) is 5.78 Å². The molecule has 1 aromatic carbocycles. The summed E-state index contributed by atoms with van der Waals surface area (Å²) in [5.41, 5.74) is 1.35. The van der Waals surface area contributed by atoms with E-state index in [0.29, 0.717) is 0 Å². The van der Waals surface area contributed by atoms with Crippen molar-refractivity contribution in [3.8, 4) is 0 Å². The van der Waals surface area contributed by atoms with Crippen LogP contribution in [-0.4, -0.2) is 27.0 Å². The fourth-order valence-corrected chi connectivity index (χ4v) is 1.69. The smallest absolute Gasteiger partial charge is 0.282 e. The van der Waals surface area contributed by atoms with Crippen LogP contribution >= 0.6 is 0 Å². The van der Waals surface area contributed by atoms with Crippen LogP contribution in [0.15, 0.2) is 30.5 Å². The highest BCUT2D eigenvalue weighted by molar-refractivity contribution is 5.98. The van der Waals surface area contributed by atoms with Gasteiger partial charge < -0.3 is 0 Å². The first-order valence-electron chi connectivity index (χ1n) is 5.99. The summed E-state index contributed by atoms with van der Waals surface area (Å²) in [7, 11) is 0. The van der Waals surface area contributed by atoms with E-state index in [2.05, 4.69) is 10.3 Å². The van der Waals surface area contributed by atoms with Crippen molar-refractivity contribution in [1.82, 2.24) is 15.0 Å². The quantitative estimate of drug-likeness (QED) is 0.810. The van der Waals surface area contributed by atoms with Gasteiger partial charge >= 0.3 is 6.18 Å². The molecule has 1 aromatic heterocycles. The molecule has 0 atom stereocenters. The number of hydrogen-bond acceptors (Lipinski definition) is 3. The van der Waals surface area contributed by atoms with E-state index < -0.39 is 17.7 Å². The first-order valence-corrected chi connectivity index (χ1v) is 5.99. The third-order valence-electron chi connectivity index (χ3n) is 2.80. The Morgan fingerprint density at radius 3 is 2.35 bits per heavy atom. The fraction of sp³-hybridized carbons (Fsp3) is 0.308. The summed E-state index contributed by atoms with van der Waals surface area (Å²) >= 11 is 0. The Kier molecular flexibility index (Phi) is 3.87. The number of carbonyl (C=O) groups is 1. The number of aryl methyl sites for hydroxylation is 1. The van der Waals surface area contributed by atoms with Gasteiger partial charge in [0.1, 0.15) is 0 Å². The number of alkyl halides is 3. The number of hydrogen-bond donors (Lipinski definition) is 0. The van der Waals surface area contributed by atoms with Crippen molar-refractivity contribution in [1.29, 1.82) is 0 Å². The van der Waals surface area contributed by atoms with Crippen LogP contribution in [0, 0.1) is 0 Å². The van der Waals surface area contributed by atoms with Crippen LogP contribution in [0.3, 0.4) is 0 Å². The van der Waals surface area contributed by atoms with Crippen molar-refractivity contribution in [2.45, 2.75) is 26.1 Å². The average molecular weight is 283 g/mol. The first kappa shape index (κ1) is 14.2. The fourth-order valence-electron chi connectivity index (χ4n) is 1.69. The standard InChI is InChI=1S/C13H12F3N3O/c1-2-9-3-5-10(6-4-9)7-19-8-11(17-18-19)12(20)13(14,15)16/h3-6,8H,2,7H2,1H3. The first-order chi connectivity index (χ1) is 9.40. The van der Waals surface area contributed by atoms with Crippen LogP contribution in [0.25, 0.3) is 0 Å². The number of Topliss-reactive ketones (excluding diaryl/α,β-unsaturated/α-hetero) is 1. The van der Waals surface area contributed by atoms with Crippen LogP contribution in [0.2, 0.25) is 0 Å². The summed E-state index contributed by atoms with van der Waals surface area (Å²) in [6.45, 7) is 2.30. The highest BCUT2D eigenvalue weighted by atomic mass is 19.4. The molecule has 0 saturated heterocycles. The molecule has 0 amide bonds. The summed E-state index contributed by atoms with van der Waals surface area (Å²) < 4.78 is 37.9. The van der Waals surface area contributed by atoms with Crippen molar-refractivity contribution < 1.29 is 18.0 Å². The van der Waals surface area contributed by atoms with Crippen LogP contribution in [0.4, 0.5) is 13.2 Å². The molecular formula is C13H12F3N3O. The maximum atomic E-state index is 12.2. The van der Waals surface area contributed by atoms with Crippen molar-refractivity contribution in [3.05, 3.63) is 47.3 Å². The lowest BCUT2D eigenvalue weighted by Crippen LogP contribution is -2.23. The number of nitrogens with zero attached hydrogens (tertiary/aromatic N) is 3. The molecule has 0 aliphatic rings. The number of carbonyl (C=O) groups excluding carboxylic acids is 1. The summed E-state index contributed by atoms with van der Waals surface area (Å²) in [5, 5.41) is 6.79. The van der Waals surface area contributed by atoms with Crippen molar-refractivity contribution in [3.63, 3.8) is 0 Å². The molecule has 1 heterocycles. The predicted octanol–water partition coefficient (Wildman–Crippen LogP) is 2.63. The summed E-state index contributed by atoms with van der Waals surface area (Å²) in [6, 6.07) is 7.61. The zero-order valence-electron chi connectivity index (χ0n) is 10.7. The van der Waals surface area contributed by atoms with Gasteiger partial charge in [-0.2, -0.15) is 13.2 Å². The lowest BCUT2D eigenvalue weighted by atomic mass is 10.1. The molecule has 2 aromatic rings. The van der Waals surface area contributed by atoms with E-state index in [1.807, 2.05) is 31.2 Å². The van der Waals surface area contributed by atoms with Gasteiger partial charge in [-0.15, -0.1) is 5.10 Å². The number of ketones is 1. The van der Waals surface area contributed by atoms with Crippen LogP contribution in [0.1, 0.15) is 28.5 Å². The monoisotopic (exact) mass is 283 g/mol. The SMILES string of the molecule is CCc1ccc(Cn2cc(C(=O)C(F)(F)F)nn2)cc1. The lowest BCUT2D eigenvalue weighted by Gasteiger charge is -2.02. The number of rotatable bonds is 4. The molecule has 0 bridgehead atoms. The highest BCUT2D eigenvalue weighted by Crippen LogP contribution is 2.20. The van der Waals surface area contributed by atoms with Gasteiger partial charge in [-0.25, -0.2) is 4.68 Å². The molecule has 20 heavy (non-hydrogen) atoms. The summed E-state index contributed by atoms with van der Waals surface area (Å²) in [6.07, 6.45) is -3.01. The minimum absolute atomic E-state index is 0.266. The van der Waals surface area contributed by atoms with Crippen LogP contribution in [0.5, 0.6) is 0 Å². The average Bonchev–Trinajstić information content (AvgIpc) is 2.86. The highest BCUT2D eigenvalue weighted by Gasteiger charge is 2.41. The van der Waals surface area contributed by atoms with Crippen molar-refractivity contribution in [2.24, 2.45) is 0 Å². The normalized spacial score (nSPS) is 11.6. The van der Waals surface area contributed by atoms with Gasteiger partial charge in [0.05, 0.1) is 12.7 Å². The predicted molar refractivity (Wildman–Crippen MR) is 65.3 cm³/mol. The minimum atomic E-state index is -4.93. The third kappa shape index (κ3) is 3.23. The third-order valence-corrected chi connectivity index (χ3v) is 2.80. The van der Waals surface area contributed by atoms with Gasteiger partial charge in [-0.05, 0) is 17.5 Å². The van der Waals surface area contributed by atoms with Crippen molar-refractivity contribution in [2.75, 3.05) is 0 Å². The van der Waals surface area contributed by atoms with Crippen molar-refractivity contribution >= 4 is 5.78 Å². The molecule has 0 aliphatic heterocycles. The minimum Gasteiger partial charge on any atom is -0.282 e. The Morgan fingerprint density at radius 2 is 1.80 bits per heavy atom. The molecule has 0 spiro atoms. The Labute approximate surface area is 113 Å². The van der Waals surface area contributed by atoms with E-state index in [1.54, 1.807) is 0 Å². The van der Waals surface area contributed by atoms with Crippen LogP contribution < -0.4 is 0 Å². The van der Waals surface area contributed by atoms with Crippen LogP contribution in [-0.2, 0) is 13.0 Å². The van der Waals surface area contributed by atoms with E-state index in [1.165, 1.54) is 10.2 Å². The number of aromatic nitrogens is 3. The Balaban J connectivity index is 2.11. The maximum absolute atomic E-state index is 12.2. The molecule has 0 aliphatic carbocycles. The van der Waals surface area contributed by atoms with Gasteiger partial charge in [-0.3, -0.25) is 4.79 Å². The number of halogens is 3. The van der Waals surface area contributed by atoms with E-state index in [-0.39, 0.29) is 6.54 Å². The molecule has 0 fully saturated rings. The molecule has 7 heteroatoms. The largest absolute Gasteiger partial charge is 0.456 e. The second kappa shape index (κ2) is 5.44.